The van der Waals surface area contributed by atoms with E-state index in [1.165, 1.54) is 16.7 Å². The van der Waals surface area contributed by atoms with Crippen LogP contribution in [-0.2, 0) is 11.8 Å². The van der Waals surface area contributed by atoms with E-state index in [0.29, 0.717) is 11.6 Å². The van der Waals surface area contributed by atoms with Crippen molar-refractivity contribution in [2.24, 2.45) is 13.0 Å². The summed E-state index contributed by atoms with van der Waals surface area (Å²) >= 11 is 1.50. The zero-order valence-corrected chi connectivity index (χ0v) is 12.4. The van der Waals surface area contributed by atoms with Gasteiger partial charge in [-0.25, -0.2) is 9.59 Å². The summed E-state index contributed by atoms with van der Waals surface area (Å²) in [4.78, 5) is 25.0. The molecule has 20 heavy (non-hydrogen) atoms. The van der Waals surface area contributed by atoms with Crippen molar-refractivity contribution in [3.63, 3.8) is 0 Å². The second kappa shape index (κ2) is 5.74. The number of hydrogen-bond donors (Lipinski definition) is 2. The molecule has 0 aliphatic carbocycles. The Morgan fingerprint density at radius 3 is 2.75 bits per heavy atom. The van der Waals surface area contributed by atoms with Crippen LogP contribution in [0.15, 0.2) is 12.3 Å². The first-order chi connectivity index (χ1) is 9.40. The van der Waals surface area contributed by atoms with Crippen LogP contribution < -0.4 is 5.32 Å². The molecule has 1 aliphatic rings. The second-order valence-corrected chi connectivity index (χ2v) is 6.18. The first-order valence-corrected chi connectivity index (χ1v) is 7.38. The molecule has 0 aromatic carbocycles. The molecule has 0 spiro atoms. The number of hydrogen-bond acceptors (Lipinski definition) is 4. The lowest BCUT2D eigenvalue weighted by molar-refractivity contribution is -0.141. The van der Waals surface area contributed by atoms with Crippen LogP contribution in [0.25, 0.3) is 0 Å². The molecular weight excluding hydrogens is 280 g/mol. The van der Waals surface area contributed by atoms with Gasteiger partial charge in [-0.1, -0.05) is 13.8 Å². The number of amides is 2. The van der Waals surface area contributed by atoms with Crippen molar-refractivity contribution in [3.8, 4) is 0 Å². The molecule has 2 unspecified atom stereocenters. The lowest BCUT2D eigenvalue weighted by Crippen LogP contribution is -2.49. The maximum atomic E-state index is 12.3. The normalized spacial score (nSPS) is 22.3. The van der Waals surface area contributed by atoms with Gasteiger partial charge in [0.25, 0.3) is 0 Å². The van der Waals surface area contributed by atoms with E-state index in [1.807, 2.05) is 13.8 Å². The van der Waals surface area contributed by atoms with Crippen molar-refractivity contribution < 1.29 is 14.7 Å². The van der Waals surface area contributed by atoms with Crippen LogP contribution in [0.5, 0.6) is 0 Å². The summed E-state index contributed by atoms with van der Waals surface area (Å²) in [5, 5.41) is 15.8. The lowest BCUT2D eigenvalue weighted by Gasteiger charge is -2.29. The maximum absolute atomic E-state index is 12.3. The van der Waals surface area contributed by atoms with Gasteiger partial charge in [0.05, 0.1) is 5.37 Å². The number of anilines is 1. The zero-order chi connectivity index (χ0) is 14.9. The molecule has 110 valence electrons. The number of carboxylic acid groups (broad SMARTS) is 1. The smallest absolute Gasteiger partial charge is 0.327 e. The monoisotopic (exact) mass is 298 g/mol. The van der Waals surface area contributed by atoms with E-state index in [0.717, 1.165) is 0 Å². The molecule has 0 radical (unpaired) electrons. The quantitative estimate of drug-likeness (QED) is 0.881. The molecule has 7 nitrogen and oxygen atoms in total. The summed E-state index contributed by atoms with van der Waals surface area (Å²) in [6.45, 7) is 3.95. The topological polar surface area (TPSA) is 87.5 Å². The molecule has 1 aliphatic heterocycles. The Labute approximate surface area is 121 Å². The van der Waals surface area contributed by atoms with Crippen molar-refractivity contribution in [2.45, 2.75) is 25.3 Å². The lowest BCUT2D eigenvalue weighted by atomic mass is 10.2. The predicted molar refractivity (Wildman–Crippen MR) is 76.6 cm³/mol. The van der Waals surface area contributed by atoms with Crippen molar-refractivity contribution in [3.05, 3.63) is 12.3 Å². The molecule has 2 heterocycles. The minimum Gasteiger partial charge on any atom is -0.480 e. The summed E-state index contributed by atoms with van der Waals surface area (Å²) in [6, 6.07) is 0.456. The number of aliphatic carboxylic acids is 1. The van der Waals surface area contributed by atoms with Crippen molar-refractivity contribution in [1.29, 1.82) is 0 Å². The van der Waals surface area contributed by atoms with Crippen LogP contribution in [-0.4, -0.2) is 49.0 Å². The first kappa shape index (κ1) is 14.7. The Morgan fingerprint density at radius 1 is 1.55 bits per heavy atom. The molecule has 1 saturated heterocycles. The first-order valence-electron chi connectivity index (χ1n) is 6.33. The van der Waals surface area contributed by atoms with Gasteiger partial charge >= 0.3 is 12.0 Å². The SMILES string of the molecule is CC(C)C1SCC(C(=O)O)N1C(=O)Nc1ccn(C)n1. The summed E-state index contributed by atoms with van der Waals surface area (Å²) in [7, 11) is 1.75. The van der Waals surface area contributed by atoms with Crippen LogP contribution in [0, 0.1) is 5.92 Å². The number of aryl methyl sites for hydroxylation is 1. The molecule has 2 rings (SSSR count). The van der Waals surface area contributed by atoms with E-state index >= 15 is 0 Å². The van der Waals surface area contributed by atoms with Gasteiger partial charge in [-0.15, -0.1) is 11.8 Å². The van der Waals surface area contributed by atoms with E-state index in [4.69, 9.17) is 0 Å². The average Bonchev–Trinajstić information content (AvgIpc) is 2.95. The van der Waals surface area contributed by atoms with Crippen LogP contribution in [0.1, 0.15) is 13.8 Å². The fraction of sp³-hybridized carbons (Fsp3) is 0.583. The van der Waals surface area contributed by atoms with Crippen LogP contribution in [0.2, 0.25) is 0 Å². The number of rotatable bonds is 3. The van der Waals surface area contributed by atoms with Crippen molar-refractivity contribution in [1.82, 2.24) is 14.7 Å². The fourth-order valence-electron chi connectivity index (χ4n) is 2.14. The molecule has 0 saturated carbocycles. The minimum absolute atomic E-state index is 0.139. The molecule has 1 fully saturated rings. The van der Waals surface area contributed by atoms with Crippen LogP contribution in [0.4, 0.5) is 10.6 Å². The summed E-state index contributed by atoms with van der Waals surface area (Å²) in [5.74, 6) is 0.0325. The molecular formula is C12H18N4O3S. The van der Waals surface area contributed by atoms with Crippen LogP contribution in [0.3, 0.4) is 0 Å². The highest BCUT2D eigenvalue weighted by Crippen LogP contribution is 2.34. The van der Waals surface area contributed by atoms with Gasteiger partial charge in [-0.2, -0.15) is 5.10 Å². The van der Waals surface area contributed by atoms with Gasteiger partial charge in [-0.05, 0) is 5.92 Å². The Kier molecular flexibility index (Phi) is 4.22. The molecule has 1 aromatic heterocycles. The van der Waals surface area contributed by atoms with E-state index in [9.17, 15) is 14.7 Å². The van der Waals surface area contributed by atoms with Crippen molar-refractivity contribution in [2.75, 3.05) is 11.1 Å². The van der Waals surface area contributed by atoms with Gasteiger partial charge < -0.3 is 5.11 Å². The van der Waals surface area contributed by atoms with E-state index in [1.54, 1.807) is 24.0 Å². The van der Waals surface area contributed by atoms with Gasteiger partial charge in [0.1, 0.15) is 6.04 Å². The van der Waals surface area contributed by atoms with Crippen molar-refractivity contribution >= 4 is 29.6 Å². The van der Waals surface area contributed by atoms with E-state index in [2.05, 4.69) is 10.4 Å². The zero-order valence-electron chi connectivity index (χ0n) is 11.6. The van der Waals surface area contributed by atoms with Crippen LogP contribution >= 0.6 is 11.8 Å². The number of carboxylic acids is 1. The standard InChI is InChI=1S/C12H18N4O3S/c1-7(2)10-16(8(6-20-10)11(17)18)12(19)13-9-4-5-15(3)14-9/h4-5,7-8,10H,6H2,1-3H3,(H,17,18)(H,13,14,19). The number of thioether (sulfide) groups is 1. The summed E-state index contributed by atoms with van der Waals surface area (Å²) in [5.41, 5.74) is 0. The highest BCUT2D eigenvalue weighted by molar-refractivity contribution is 8.00. The largest absolute Gasteiger partial charge is 0.480 e. The maximum Gasteiger partial charge on any atom is 0.327 e. The van der Waals surface area contributed by atoms with E-state index in [-0.39, 0.29) is 11.3 Å². The Bertz CT molecular complexity index is 517. The van der Waals surface area contributed by atoms with Gasteiger partial charge in [-0.3, -0.25) is 14.9 Å². The minimum atomic E-state index is -0.975. The summed E-state index contributed by atoms with van der Waals surface area (Å²) < 4.78 is 1.57. The molecule has 8 heteroatoms. The third kappa shape index (κ3) is 2.90. The van der Waals surface area contributed by atoms with Gasteiger partial charge in [0.15, 0.2) is 5.82 Å². The van der Waals surface area contributed by atoms with Gasteiger partial charge in [0.2, 0.25) is 0 Å². The number of aromatic nitrogens is 2. The molecule has 2 N–H and O–H groups in total. The van der Waals surface area contributed by atoms with E-state index < -0.39 is 18.0 Å². The number of urea groups is 1. The third-order valence-electron chi connectivity index (χ3n) is 3.07. The third-order valence-corrected chi connectivity index (χ3v) is 4.69. The molecule has 0 bridgehead atoms. The molecule has 2 amide bonds. The molecule has 1 aromatic rings. The second-order valence-electron chi connectivity index (χ2n) is 5.03. The Balaban J connectivity index is 2.16. The fourth-order valence-corrected chi connectivity index (χ4v) is 3.62. The number of carbonyl (C=O) groups is 2. The predicted octanol–water partition coefficient (Wildman–Crippen LogP) is 1.44. The highest BCUT2D eigenvalue weighted by Gasteiger charge is 2.43. The highest BCUT2D eigenvalue weighted by atomic mass is 32.2. The number of nitrogens with one attached hydrogen (secondary N) is 1. The number of nitrogens with zero attached hydrogens (tertiary/aromatic N) is 3. The Hall–Kier alpha value is -1.70. The number of carbonyl (C=O) groups excluding carboxylic acids is 1. The van der Waals surface area contributed by atoms with Gasteiger partial charge in [0, 0.05) is 25.1 Å². The Morgan fingerprint density at radius 2 is 2.25 bits per heavy atom. The average molecular weight is 298 g/mol. The molecule has 2 atom stereocenters. The summed E-state index contributed by atoms with van der Waals surface area (Å²) in [6.07, 6.45) is 1.71.